The Balaban J connectivity index is 1.39. The molecule has 0 amide bonds. The Morgan fingerprint density at radius 3 is 2.50 bits per heavy atom. The van der Waals surface area contributed by atoms with E-state index in [0.717, 1.165) is 57.2 Å². The molecule has 7 nitrogen and oxygen atoms in total. The summed E-state index contributed by atoms with van der Waals surface area (Å²) < 4.78 is 0. The summed E-state index contributed by atoms with van der Waals surface area (Å²) >= 11 is 0. The maximum absolute atomic E-state index is 10.8. The zero-order chi connectivity index (χ0) is 18.4. The van der Waals surface area contributed by atoms with Gasteiger partial charge >= 0.3 is 0 Å². The highest BCUT2D eigenvalue weighted by atomic mass is 16.6. The van der Waals surface area contributed by atoms with E-state index in [-0.39, 0.29) is 5.69 Å². The van der Waals surface area contributed by atoms with Crippen LogP contribution >= 0.6 is 0 Å². The number of rotatable bonds is 7. The van der Waals surface area contributed by atoms with Crippen molar-refractivity contribution >= 4 is 11.5 Å². The summed E-state index contributed by atoms with van der Waals surface area (Å²) in [4.78, 5) is 19.4. The van der Waals surface area contributed by atoms with Crippen LogP contribution in [0, 0.1) is 17.0 Å². The molecule has 1 fully saturated rings. The zero-order valence-electron chi connectivity index (χ0n) is 15.1. The molecule has 0 radical (unpaired) electrons. The standard InChI is InChI=1S/C19H25N5O2/c1-16-13-18(24(25)26)14-21-19(16)20-7-8-22-9-11-23(12-10-22)15-17-5-3-2-4-6-17/h2-6,13-14H,7-12,15H2,1H3,(H,20,21). The van der Waals surface area contributed by atoms with Crippen molar-refractivity contribution in [2.24, 2.45) is 0 Å². The summed E-state index contributed by atoms with van der Waals surface area (Å²) in [6, 6.07) is 12.1. The van der Waals surface area contributed by atoms with Crippen molar-refractivity contribution in [3.8, 4) is 0 Å². The molecule has 7 heteroatoms. The highest BCUT2D eigenvalue weighted by molar-refractivity contribution is 5.48. The van der Waals surface area contributed by atoms with Gasteiger partial charge in [-0.3, -0.25) is 19.9 Å². The molecular weight excluding hydrogens is 330 g/mol. The fraction of sp³-hybridized carbons (Fsp3) is 0.421. The average molecular weight is 355 g/mol. The number of nitro groups is 1. The largest absolute Gasteiger partial charge is 0.369 e. The van der Waals surface area contributed by atoms with Gasteiger partial charge < -0.3 is 5.32 Å². The van der Waals surface area contributed by atoms with Crippen molar-refractivity contribution in [1.82, 2.24) is 14.8 Å². The van der Waals surface area contributed by atoms with Crippen LogP contribution in [0.25, 0.3) is 0 Å². The fourth-order valence-corrected chi connectivity index (χ4v) is 3.19. The number of aryl methyl sites for hydroxylation is 1. The first kappa shape index (κ1) is 18.3. The van der Waals surface area contributed by atoms with Crippen molar-refractivity contribution in [2.75, 3.05) is 44.6 Å². The fourth-order valence-electron chi connectivity index (χ4n) is 3.19. The average Bonchev–Trinajstić information content (AvgIpc) is 2.65. The van der Waals surface area contributed by atoms with Crippen LogP contribution in [0.2, 0.25) is 0 Å². The minimum atomic E-state index is -0.418. The lowest BCUT2D eigenvalue weighted by molar-refractivity contribution is -0.385. The van der Waals surface area contributed by atoms with Gasteiger partial charge in [-0.25, -0.2) is 4.98 Å². The van der Waals surface area contributed by atoms with Gasteiger partial charge in [-0.15, -0.1) is 0 Å². The van der Waals surface area contributed by atoms with Crippen LogP contribution in [0.4, 0.5) is 11.5 Å². The Morgan fingerprint density at radius 2 is 1.85 bits per heavy atom. The van der Waals surface area contributed by atoms with Crippen LogP contribution in [0.1, 0.15) is 11.1 Å². The molecule has 1 aromatic carbocycles. The number of piperazine rings is 1. The monoisotopic (exact) mass is 355 g/mol. The molecule has 0 atom stereocenters. The van der Waals surface area contributed by atoms with Crippen LogP contribution in [-0.2, 0) is 6.54 Å². The molecule has 1 saturated heterocycles. The summed E-state index contributed by atoms with van der Waals surface area (Å²) in [5.74, 6) is 0.721. The minimum absolute atomic E-state index is 0.0302. The Morgan fingerprint density at radius 1 is 1.15 bits per heavy atom. The van der Waals surface area contributed by atoms with E-state index in [4.69, 9.17) is 0 Å². The smallest absolute Gasteiger partial charge is 0.287 e. The molecule has 138 valence electrons. The Kier molecular flexibility index (Phi) is 6.14. The number of nitrogens with one attached hydrogen (secondary N) is 1. The quantitative estimate of drug-likeness (QED) is 0.608. The molecule has 26 heavy (non-hydrogen) atoms. The first-order valence-electron chi connectivity index (χ1n) is 8.95. The number of pyridine rings is 1. The van der Waals surface area contributed by atoms with Crippen LogP contribution in [0.15, 0.2) is 42.6 Å². The van der Waals surface area contributed by atoms with Gasteiger partial charge in [-0.1, -0.05) is 30.3 Å². The summed E-state index contributed by atoms with van der Waals surface area (Å²) in [5.41, 5.74) is 2.19. The van der Waals surface area contributed by atoms with E-state index in [2.05, 4.69) is 50.4 Å². The topological polar surface area (TPSA) is 74.5 Å². The lowest BCUT2D eigenvalue weighted by Gasteiger charge is -2.34. The van der Waals surface area contributed by atoms with Gasteiger partial charge in [-0.2, -0.15) is 0 Å². The van der Waals surface area contributed by atoms with Crippen LogP contribution in [0.5, 0.6) is 0 Å². The number of aromatic nitrogens is 1. The lowest BCUT2D eigenvalue weighted by atomic mass is 10.2. The molecule has 0 saturated carbocycles. The minimum Gasteiger partial charge on any atom is -0.369 e. The third-order valence-corrected chi connectivity index (χ3v) is 4.71. The number of hydrogen-bond acceptors (Lipinski definition) is 6. The predicted octanol–water partition coefficient (Wildman–Crippen LogP) is 2.53. The van der Waals surface area contributed by atoms with E-state index in [1.54, 1.807) is 6.07 Å². The highest BCUT2D eigenvalue weighted by Crippen LogP contribution is 2.17. The van der Waals surface area contributed by atoms with Gasteiger partial charge in [0.2, 0.25) is 0 Å². The molecule has 1 aliphatic heterocycles. The summed E-state index contributed by atoms with van der Waals surface area (Å²) in [5, 5.41) is 14.0. The van der Waals surface area contributed by atoms with Crippen LogP contribution < -0.4 is 5.32 Å². The SMILES string of the molecule is Cc1cc([N+](=O)[O-])cnc1NCCN1CCN(Cc2ccccc2)CC1. The Labute approximate surface area is 153 Å². The lowest BCUT2D eigenvalue weighted by Crippen LogP contribution is -2.47. The highest BCUT2D eigenvalue weighted by Gasteiger charge is 2.16. The van der Waals surface area contributed by atoms with Gasteiger partial charge in [0.05, 0.1) is 4.92 Å². The summed E-state index contributed by atoms with van der Waals surface area (Å²) in [6.45, 7) is 8.83. The van der Waals surface area contributed by atoms with Gasteiger partial charge in [0.25, 0.3) is 5.69 Å². The molecule has 2 aromatic rings. The summed E-state index contributed by atoms with van der Waals surface area (Å²) in [7, 11) is 0. The van der Waals surface area contributed by atoms with Gasteiger partial charge in [0.15, 0.2) is 0 Å². The van der Waals surface area contributed by atoms with E-state index in [0.29, 0.717) is 0 Å². The first-order valence-corrected chi connectivity index (χ1v) is 8.95. The van der Waals surface area contributed by atoms with Crippen LogP contribution in [0.3, 0.4) is 0 Å². The Hall–Kier alpha value is -2.51. The molecule has 3 rings (SSSR count). The van der Waals surface area contributed by atoms with E-state index < -0.39 is 4.92 Å². The molecular formula is C19H25N5O2. The van der Waals surface area contributed by atoms with Gasteiger partial charge in [0.1, 0.15) is 12.0 Å². The second kappa shape index (κ2) is 8.73. The van der Waals surface area contributed by atoms with Crippen LogP contribution in [-0.4, -0.2) is 59.0 Å². The molecule has 0 unspecified atom stereocenters. The van der Waals surface area contributed by atoms with E-state index in [1.165, 1.54) is 11.8 Å². The van der Waals surface area contributed by atoms with E-state index in [1.807, 2.05) is 6.92 Å². The van der Waals surface area contributed by atoms with Crippen molar-refractivity contribution < 1.29 is 4.92 Å². The molecule has 0 spiro atoms. The van der Waals surface area contributed by atoms with E-state index in [9.17, 15) is 10.1 Å². The van der Waals surface area contributed by atoms with Crippen molar-refractivity contribution in [2.45, 2.75) is 13.5 Å². The maximum atomic E-state index is 10.8. The number of benzene rings is 1. The van der Waals surface area contributed by atoms with Crippen molar-refractivity contribution in [3.05, 3.63) is 63.8 Å². The third kappa shape index (κ3) is 5.00. The van der Waals surface area contributed by atoms with Gasteiger partial charge in [0, 0.05) is 51.9 Å². The maximum Gasteiger partial charge on any atom is 0.287 e. The van der Waals surface area contributed by atoms with Crippen molar-refractivity contribution in [3.63, 3.8) is 0 Å². The second-order valence-electron chi connectivity index (χ2n) is 6.65. The van der Waals surface area contributed by atoms with Crippen molar-refractivity contribution in [1.29, 1.82) is 0 Å². The third-order valence-electron chi connectivity index (χ3n) is 4.71. The normalized spacial score (nSPS) is 15.7. The number of anilines is 1. The Bertz CT molecular complexity index is 730. The second-order valence-corrected chi connectivity index (χ2v) is 6.65. The molecule has 1 aliphatic rings. The van der Waals surface area contributed by atoms with E-state index >= 15 is 0 Å². The molecule has 0 aliphatic carbocycles. The zero-order valence-corrected chi connectivity index (χ0v) is 15.1. The number of hydrogen-bond donors (Lipinski definition) is 1. The first-order chi connectivity index (χ1) is 12.6. The molecule has 0 bridgehead atoms. The molecule has 2 heterocycles. The summed E-state index contributed by atoms with van der Waals surface area (Å²) in [6.07, 6.45) is 1.30. The molecule has 1 N–H and O–H groups in total. The number of nitrogens with zero attached hydrogens (tertiary/aromatic N) is 4. The molecule has 1 aromatic heterocycles. The van der Waals surface area contributed by atoms with Gasteiger partial charge in [-0.05, 0) is 18.1 Å². The predicted molar refractivity (Wildman–Crippen MR) is 102 cm³/mol.